The molecule has 1 heteroatoms. The molecule has 1 aromatic carbocycles. The van der Waals surface area contributed by atoms with E-state index in [1.165, 1.54) is 5.92 Å². The minimum atomic E-state index is 0.0243. The Morgan fingerprint density at radius 3 is 2.20 bits per heavy atom. The lowest BCUT2D eigenvalue weighted by atomic mass is 9.81. The monoisotopic (exact) mass is 200 g/mol. The van der Waals surface area contributed by atoms with E-state index in [9.17, 15) is 5.26 Å². The molecule has 1 radical (unpaired) electrons. The Kier molecular flexibility index (Phi) is 3.19. The van der Waals surface area contributed by atoms with Crippen molar-refractivity contribution < 1.29 is 0 Å². The smallest absolute Gasteiger partial charge is 0.0997 e. The van der Waals surface area contributed by atoms with Gasteiger partial charge in [0.2, 0.25) is 0 Å². The summed E-state index contributed by atoms with van der Waals surface area (Å²) in [5.74, 6) is 1.19. The van der Waals surface area contributed by atoms with Gasteiger partial charge in [-0.05, 0) is 16.5 Å². The lowest BCUT2D eigenvalue weighted by molar-refractivity contribution is 0.588. The molecule has 0 saturated heterocycles. The second-order valence-electron chi connectivity index (χ2n) is 5.09. The molecule has 0 saturated carbocycles. The van der Waals surface area contributed by atoms with Gasteiger partial charge in [-0.15, -0.1) is 0 Å². The first-order valence-electron chi connectivity index (χ1n) is 5.22. The van der Waals surface area contributed by atoms with E-state index >= 15 is 0 Å². The van der Waals surface area contributed by atoms with E-state index in [1.807, 2.05) is 32.0 Å². The van der Waals surface area contributed by atoms with E-state index < -0.39 is 0 Å². The van der Waals surface area contributed by atoms with Crippen LogP contribution in [0.3, 0.4) is 0 Å². The summed E-state index contributed by atoms with van der Waals surface area (Å²) in [6, 6.07) is 8.43. The molecule has 0 aliphatic heterocycles. The molecule has 0 bridgehead atoms. The highest BCUT2D eigenvalue weighted by atomic mass is 14.3. The van der Waals surface area contributed by atoms with Crippen molar-refractivity contribution in [3.05, 3.63) is 40.8 Å². The van der Waals surface area contributed by atoms with E-state index in [4.69, 9.17) is 0 Å². The number of hydrogen-bond donors (Lipinski definition) is 0. The lowest BCUT2D eigenvalue weighted by Gasteiger charge is -2.22. The van der Waals surface area contributed by atoms with Crippen LogP contribution in [0.25, 0.3) is 0 Å². The van der Waals surface area contributed by atoms with Crippen molar-refractivity contribution in [2.24, 2.45) is 0 Å². The van der Waals surface area contributed by atoms with Gasteiger partial charge in [-0.1, -0.05) is 52.8 Å². The van der Waals surface area contributed by atoms with Crippen LogP contribution in [0.5, 0.6) is 0 Å². The molecule has 0 aromatic heterocycles. The van der Waals surface area contributed by atoms with Crippen molar-refractivity contribution in [2.45, 2.75) is 40.0 Å². The van der Waals surface area contributed by atoms with Gasteiger partial charge >= 0.3 is 0 Å². The van der Waals surface area contributed by atoms with Crippen LogP contribution >= 0.6 is 0 Å². The molecule has 0 aliphatic rings. The maximum absolute atomic E-state index is 9.25. The summed E-state index contributed by atoms with van der Waals surface area (Å²) in [5.41, 5.74) is 3.05. The fourth-order valence-corrected chi connectivity index (χ4v) is 1.71. The third-order valence-corrected chi connectivity index (χ3v) is 2.52. The van der Waals surface area contributed by atoms with Crippen LogP contribution in [0.4, 0.5) is 0 Å². The van der Waals surface area contributed by atoms with E-state index in [2.05, 4.69) is 26.8 Å². The first-order valence-corrected chi connectivity index (χ1v) is 5.22. The molecule has 0 heterocycles. The lowest BCUT2D eigenvalue weighted by Crippen LogP contribution is -2.14. The predicted molar refractivity (Wildman–Crippen MR) is 63.6 cm³/mol. The number of hydrogen-bond acceptors (Lipinski definition) is 1. The summed E-state index contributed by atoms with van der Waals surface area (Å²) >= 11 is 0. The standard InChI is InChI=1S/C14H18N/c1-10(2)11-7-6-8-13(12(11)9-15)14(3,4)5/h6-8H,1-5H3. The van der Waals surface area contributed by atoms with Gasteiger partial charge in [-0.3, -0.25) is 0 Å². The van der Waals surface area contributed by atoms with Gasteiger partial charge in [0.05, 0.1) is 11.6 Å². The van der Waals surface area contributed by atoms with Gasteiger partial charge in [-0.2, -0.15) is 5.26 Å². The summed E-state index contributed by atoms with van der Waals surface area (Å²) in [5, 5.41) is 9.25. The second-order valence-corrected chi connectivity index (χ2v) is 5.09. The number of benzene rings is 1. The van der Waals surface area contributed by atoms with E-state index in [-0.39, 0.29) is 5.41 Å². The number of rotatable bonds is 1. The van der Waals surface area contributed by atoms with Crippen LogP contribution in [-0.4, -0.2) is 0 Å². The molecule has 0 amide bonds. The van der Waals surface area contributed by atoms with E-state index in [0.29, 0.717) is 0 Å². The van der Waals surface area contributed by atoms with Crippen LogP contribution in [0.1, 0.15) is 51.3 Å². The van der Waals surface area contributed by atoms with Crippen LogP contribution < -0.4 is 0 Å². The summed E-state index contributed by atoms with van der Waals surface area (Å²) in [4.78, 5) is 0. The highest BCUT2D eigenvalue weighted by Crippen LogP contribution is 2.30. The van der Waals surface area contributed by atoms with Gasteiger partial charge in [0.15, 0.2) is 0 Å². The fourth-order valence-electron chi connectivity index (χ4n) is 1.71. The molecule has 79 valence electrons. The zero-order valence-corrected chi connectivity index (χ0v) is 10.2. The van der Waals surface area contributed by atoms with Crippen molar-refractivity contribution in [3.8, 4) is 6.07 Å². The van der Waals surface area contributed by atoms with Crippen LogP contribution in [-0.2, 0) is 5.41 Å². The molecule has 0 spiro atoms. The topological polar surface area (TPSA) is 23.8 Å². The van der Waals surface area contributed by atoms with Gasteiger partial charge in [0.1, 0.15) is 0 Å². The molecular weight excluding hydrogens is 182 g/mol. The fraction of sp³-hybridized carbons (Fsp3) is 0.429. The summed E-state index contributed by atoms with van der Waals surface area (Å²) < 4.78 is 0. The van der Waals surface area contributed by atoms with E-state index in [1.54, 1.807) is 0 Å². The molecule has 15 heavy (non-hydrogen) atoms. The Morgan fingerprint density at radius 1 is 1.20 bits per heavy atom. The Balaban J connectivity index is 3.44. The minimum absolute atomic E-state index is 0.0243. The molecular formula is C14H18N. The summed E-state index contributed by atoms with van der Waals surface area (Å²) in [7, 11) is 0. The second kappa shape index (κ2) is 4.06. The Morgan fingerprint density at radius 2 is 1.80 bits per heavy atom. The van der Waals surface area contributed by atoms with Crippen molar-refractivity contribution in [1.29, 1.82) is 5.26 Å². The predicted octanol–water partition coefficient (Wildman–Crippen LogP) is 3.82. The Labute approximate surface area is 92.7 Å². The third-order valence-electron chi connectivity index (χ3n) is 2.52. The van der Waals surface area contributed by atoms with Crippen molar-refractivity contribution in [2.75, 3.05) is 0 Å². The van der Waals surface area contributed by atoms with Gasteiger partial charge in [0, 0.05) is 5.92 Å². The SMILES string of the molecule is C[C](C)c1cccc(C(C)(C)C)c1C#N. The first kappa shape index (κ1) is 11.8. The molecule has 0 fully saturated rings. The average molecular weight is 200 g/mol. The van der Waals surface area contributed by atoms with Crippen LogP contribution in [0, 0.1) is 17.2 Å². The van der Waals surface area contributed by atoms with E-state index in [0.717, 1.165) is 16.7 Å². The van der Waals surface area contributed by atoms with Crippen LogP contribution in [0.2, 0.25) is 0 Å². The molecule has 1 aromatic rings. The van der Waals surface area contributed by atoms with Crippen molar-refractivity contribution >= 4 is 0 Å². The summed E-state index contributed by atoms with van der Waals surface area (Å²) in [6.07, 6.45) is 0. The Bertz CT molecular complexity index is 389. The third kappa shape index (κ3) is 2.39. The highest BCUT2D eigenvalue weighted by molar-refractivity contribution is 5.51. The Hall–Kier alpha value is -1.29. The maximum Gasteiger partial charge on any atom is 0.0997 e. The van der Waals surface area contributed by atoms with Gasteiger partial charge in [-0.25, -0.2) is 0 Å². The van der Waals surface area contributed by atoms with Crippen molar-refractivity contribution in [1.82, 2.24) is 0 Å². The zero-order valence-electron chi connectivity index (χ0n) is 10.2. The molecule has 0 atom stereocenters. The average Bonchev–Trinajstić information content (AvgIpc) is 2.15. The van der Waals surface area contributed by atoms with Crippen molar-refractivity contribution in [3.63, 3.8) is 0 Å². The normalized spacial score (nSPS) is 11.5. The number of nitrogens with zero attached hydrogens (tertiary/aromatic N) is 1. The highest BCUT2D eigenvalue weighted by Gasteiger charge is 2.20. The minimum Gasteiger partial charge on any atom is -0.192 e. The molecule has 1 nitrogen and oxygen atoms in total. The number of nitriles is 1. The largest absolute Gasteiger partial charge is 0.192 e. The quantitative estimate of drug-likeness (QED) is 0.676. The zero-order chi connectivity index (χ0) is 11.6. The molecule has 0 N–H and O–H groups in total. The van der Waals surface area contributed by atoms with Gasteiger partial charge < -0.3 is 0 Å². The molecule has 0 aliphatic carbocycles. The molecule has 0 unspecified atom stereocenters. The maximum atomic E-state index is 9.25. The van der Waals surface area contributed by atoms with Crippen LogP contribution in [0.15, 0.2) is 18.2 Å². The summed E-state index contributed by atoms with van der Waals surface area (Å²) in [6.45, 7) is 10.5. The first-order chi connectivity index (χ1) is 6.88. The van der Waals surface area contributed by atoms with Gasteiger partial charge in [0.25, 0.3) is 0 Å². The molecule has 1 rings (SSSR count).